The van der Waals surface area contributed by atoms with E-state index in [0.29, 0.717) is 11.3 Å². The molecule has 3 aromatic rings. The molecule has 27 heavy (non-hydrogen) atoms. The van der Waals surface area contributed by atoms with Crippen molar-refractivity contribution in [3.8, 4) is 10.9 Å². The van der Waals surface area contributed by atoms with Gasteiger partial charge >= 0.3 is 0 Å². The molecule has 0 saturated carbocycles. The number of carbonyl (C=O) groups excluding carboxylic acids is 2. The highest BCUT2D eigenvalue weighted by Gasteiger charge is 2.18. The van der Waals surface area contributed by atoms with Crippen molar-refractivity contribution in [3.05, 3.63) is 63.3 Å². The number of halogens is 1. The monoisotopic (exact) mass is 448 g/mol. The molecule has 2 aromatic heterocycles. The smallest absolute Gasteiger partial charge is 0.276 e. The summed E-state index contributed by atoms with van der Waals surface area (Å²) in [5, 5.41) is 2.66. The Morgan fingerprint density at radius 2 is 1.96 bits per heavy atom. The minimum absolute atomic E-state index is 0.208. The lowest BCUT2D eigenvalue weighted by Gasteiger charge is -2.09. The number of nitrogens with one attached hydrogen (secondary N) is 2. The molecule has 2 amide bonds. The lowest BCUT2D eigenvalue weighted by Crippen LogP contribution is -2.44. The predicted octanol–water partition coefficient (Wildman–Crippen LogP) is 3.15. The minimum Gasteiger partial charge on any atom is -0.484 e. The van der Waals surface area contributed by atoms with E-state index in [-0.39, 0.29) is 6.61 Å². The maximum absolute atomic E-state index is 12.4. The summed E-state index contributed by atoms with van der Waals surface area (Å²) in [7, 11) is 0. The summed E-state index contributed by atoms with van der Waals surface area (Å²) in [6, 6.07) is 8.86. The number of thiazole rings is 1. The second-order valence-corrected chi connectivity index (χ2v) is 7.47. The first kappa shape index (κ1) is 19.1. The molecule has 0 aliphatic heterocycles. The van der Waals surface area contributed by atoms with Crippen LogP contribution < -0.4 is 15.6 Å². The highest BCUT2D eigenvalue weighted by molar-refractivity contribution is 9.10. The first-order valence-electron chi connectivity index (χ1n) is 8.02. The average molecular weight is 449 g/mol. The van der Waals surface area contributed by atoms with Crippen LogP contribution in [0.4, 0.5) is 0 Å². The Morgan fingerprint density at radius 1 is 1.22 bits per heavy atom. The van der Waals surface area contributed by atoms with Gasteiger partial charge in [-0.1, -0.05) is 15.9 Å². The largest absolute Gasteiger partial charge is 0.484 e. The third kappa shape index (κ3) is 4.55. The Labute approximate surface area is 168 Å². The number of aromatic nitrogens is 2. The number of carbonyl (C=O) groups is 2. The van der Waals surface area contributed by atoms with Gasteiger partial charge in [-0.25, -0.2) is 4.98 Å². The van der Waals surface area contributed by atoms with Gasteiger partial charge < -0.3 is 4.74 Å². The summed E-state index contributed by atoms with van der Waals surface area (Å²) in [6.07, 6.45) is 1.71. The number of nitrogens with zero attached hydrogens (tertiary/aromatic N) is 2. The number of ether oxygens (including phenoxy) is 1. The SMILES string of the molecule is Cc1cc(C(=O)NNC(=O)COc2ccc(Br)cc2)c(C)n1-c1nccs1. The molecule has 0 bridgehead atoms. The number of hydrazine groups is 1. The molecule has 0 fully saturated rings. The zero-order chi connectivity index (χ0) is 19.4. The van der Waals surface area contributed by atoms with Crippen molar-refractivity contribution in [1.82, 2.24) is 20.4 Å². The van der Waals surface area contributed by atoms with Gasteiger partial charge in [-0.05, 0) is 44.2 Å². The molecule has 9 heteroatoms. The Kier molecular flexibility index (Phi) is 5.92. The van der Waals surface area contributed by atoms with Crippen LogP contribution in [0.2, 0.25) is 0 Å². The zero-order valence-corrected chi connectivity index (χ0v) is 17.1. The normalized spacial score (nSPS) is 10.5. The van der Waals surface area contributed by atoms with E-state index in [1.165, 1.54) is 11.3 Å². The van der Waals surface area contributed by atoms with Crippen molar-refractivity contribution >= 4 is 39.1 Å². The second kappa shape index (κ2) is 8.36. The molecular formula is C18H17BrN4O3S. The number of aryl methyl sites for hydroxylation is 1. The van der Waals surface area contributed by atoms with Crippen LogP contribution in [0.3, 0.4) is 0 Å². The highest BCUT2D eigenvalue weighted by Crippen LogP contribution is 2.22. The zero-order valence-electron chi connectivity index (χ0n) is 14.7. The molecule has 0 spiro atoms. The quantitative estimate of drug-likeness (QED) is 0.587. The first-order valence-corrected chi connectivity index (χ1v) is 9.69. The average Bonchev–Trinajstić information content (AvgIpc) is 3.27. The number of rotatable bonds is 5. The Balaban J connectivity index is 1.57. The van der Waals surface area contributed by atoms with Crippen molar-refractivity contribution in [2.45, 2.75) is 13.8 Å². The van der Waals surface area contributed by atoms with Gasteiger partial charge in [0, 0.05) is 27.4 Å². The van der Waals surface area contributed by atoms with Gasteiger partial charge in [0.05, 0.1) is 5.56 Å². The van der Waals surface area contributed by atoms with Gasteiger partial charge in [-0.15, -0.1) is 11.3 Å². The summed E-state index contributed by atoms with van der Waals surface area (Å²) in [6.45, 7) is 3.53. The van der Waals surface area contributed by atoms with Crippen molar-refractivity contribution < 1.29 is 14.3 Å². The molecule has 3 rings (SSSR count). The molecular weight excluding hydrogens is 432 g/mol. The van der Waals surface area contributed by atoms with Gasteiger partial charge in [0.25, 0.3) is 11.8 Å². The minimum atomic E-state index is -0.458. The first-order chi connectivity index (χ1) is 13.0. The van der Waals surface area contributed by atoms with E-state index >= 15 is 0 Å². The maximum atomic E-state index is 12.4. The summed E-state index contributed by atoms with van der Waals surface area (Å²) in [4.78, 5) is 28.6. The van der Waals surface area contributed by atoms with Crippen LogP contribution in [0, 0.1) is 13.8 Å². The number of benzene rings is 1. The van der Waals surface area contributed by atoms with Crippen LogP contribution in [-0.2, 0) is 4.79 Å². The highest BCUT2D eigenvalue weighted by atomic mass is 79.9. The van der Waals surface area contributed by atoms with Gasteiger partial charge in [0.1, 0.15) is 5.75 Å². The summed E-state index contributed by atoms with van der Waals surface area (Å²) in [5.41, 5.74) is 6.88. The van der Waals surface area contributed by atoms with Crippen molar-refractivity contribution in [1.29, 1.82) is 0 Å². The molecule has 0 unspecified atom stereocenters. The summed E-state index contributed by atoms with van der Waals surface area (Å²) < 4.78 is 8.18. The fraction of sp³-hybridized carbons (Fsp3) is 0.167. The Hall–Kier alpha value is -2.65. The molecule has 0 aliphatic carbocycles. The number of hydrogen-bond acceptors (Lipinski definition) is 5. The van der Waals surface area contributed by atoms with Crippen LogP contribution in [0.5, 0.6) is 5.75 Å². The molecule has 0 atom stereocenters. The number of hydrogen-bond donors (Lipinski definition) is 2. The molecule has 2 heterocycles. The molecule has 0 aliphatic rings. The van der Waals surface area contributed by atoms with Crippen molar-refractivity contribution in [2.24, 2.45) is 0 Å². The van der Waals surface area contributed by atoms with Gasteiger partial charge in [-0.2, -0.15) is 0 Å². The Morgan fingerprint density at radius 3 is 2.63 bits per heavy atom. The lowest BCUT2D eigenvalue weighted by molar-refractivity contribution is -0.123. The second-order valence-electron chi connectivity index (χ2n) is 5.68. The van der Waals surface area contributed by atoms with Crippen LogP contribution in [0.1, 0.15) is 21.7 Å². The van der Waals surface area contributed by atoms with Gasteiger partial charge in [0.2, 0.25) is 0 Å². The molecule has 1 aromatic carbocycles. The van der Waals surface area contributed by atoms with Crippen LogP contribution in [-0.4, -0.2) is 28.0 Å². The van der Waals surface area contributed by atoms with Crippen LogP contribution in [0.15, 0.2) is 46.4 Å². The van der Waals surface area contributed by atoms with Gasteiger partial charge in [-0.3, -0.25) is 25.0 Å². The molecule has 7 nitrogen and oxygen atoms in total. The summed E-state index contributed by atoms with van der Waals surface area (Å²) in [5.74, 6) is -0.297. The van der Waals surface area contributed by atoms with Crippen LogP contribution in [0.25, 0.3) is 5.13 Å². The fourth-order valence-electron chi connectivity index (χ4n) is 2.52. The molecule has 0 saturated heterocycles. The fourth-order valence-corrected chi connectivity index (χ4v) is 3.54. The van der Waals surface area contributed by atoms with Gasteiger partial charge in [0.15, 0.2) is 11.7 Å². The molecule has 2 N–H and O–H groups in total. The predicted molar refractivity (Wildman–Crippen MR) is 106 cm³/mol. The molecule has 140 valence electrons. The van der Waals surface area contributed by atoms with E-state index < -0.39 is 11.8 Å². The maximum Gasteiger partial charge on any atom is 0.276 e. The summed E-state index contributed by atoms with van der Waals surface area (Å²) >= 11 is 4.81. The van der Waals surface area contributed by atoms with E-state index in [9.17, 15) is 9.59 Å². The van der Waals surface area contributed by atoms with Crippen molar-refractivity contribution in [2.75, 3.05) is 6.61 Å². The third-order valence-corrected chi connectivity index (χ3v) is 5.07. The topological polar surface area (TPSA) is 85.3 Å². The van der Waals surface area contributed by atoms with E-state index in [4.69, 9.17) is 4.74 Å². The Bertz CT molecular complexity index is 952. The third-order valence-electron chi connectivity index (χ3n) is 3.79. The lowest BCUT2D eigenvalue weighted by atomic mass is 10.2. The van der Waals surface area contributed by atoms with Crippen molar-refractivity contribution in [3.63, 3.8) is 0 Å². The molecule has 0 radical (unpaired) electrons. The van der Waals surface area contributed by atoms with E-state index in [1.807, 2.05) is 35.9 Å². The standard InChI is InChI=1S/C18H17BrN4O3S/c1-11-9-15(12(2)23(11)18-20-7-8-27-18)17(25)22-21-16(24)10-26-14-5-3-13(19)4-6-14/h3-9H,10H2,1-2H3,(H,21,24)(H,22,25). The van der Waals surface area contributed by atoms with E-state index in [0.717, 1.165) is 21.0 Å². The van der Waals surface area contributed by atoms with Crippen LogP contribution >= 0.6 is 27.3 Å². The van der Waals surface area contributed by atoms with E-state index in [1.54, 1.807) is 24.4 Å². The van der Waals surface area contributed by atoms with E-state index in [2.05, 4.69) is 31.8 Å². The number of amides is 2.